The first-order valence-electron chi connectivity index (χ1n) is 36.7. The van der Waals surface area contributed by atoms with E-state index in [9.17, 15) is 53.4 Å². The molecule has 2 fully saturated rings. The van der Waals surface area contributed by atoms with Gasteiger partial charge in [-0.3, -0.25) is 43.4 Å². The third kappa shape index (κ3) is 16.3. The molecule has 5 atom stereocenters. The zero-order chi connectivity index (χ0) is 76.9. The maximum absolute atomic E-state index is 14.5. The van der Waals surface area contributed by atoms with Gasteiger partial charge in [0, 0.05) is 73.5 Å². The molecule has 0 bridgehead atoms. The number of anilines is 4. The van der Waals surface area contributed by atoms with Crippen molar-refractivity contribution in [3.63, 3.8) is 0 Å². The molecule has 1 unspecified atom stereocenters. The highest BCUT2D eigenvalue weighted by molar-refractivity contribution is 6.07. The number of methoxy groups -OCH3 is 2. The van der Waals surface area contributed by atoms with Crippen LogP contribution in [0.15, 0.2) is 128 Å². The predicted octanol–water partition coefficient (Wildman–Crippen LogP) is 6.90. The van der Waals surface area contributed by atoms with Gasteiger partial charge in [0.05, 0.1) is 105 Å². The van der Waals surface area contributed by atoms with Gasteiger partial charge in [-0.25, -0.2) is 9.69 Å². The molecule has 1 saturated heterocycles. The highest BCUT2D eigenvalue weighted by Crippen LogP contribution is 2.57. The first-order valence-corrected chi connectivity index (χ1v) is 36.7. The largest absolute Gasteiger partial charge is 0.493 e. The Balaban J connectivity index is 0.568. The molecule has 13 rings (SSSR count). The van der Waals surface area contributed by atoms with Crippen molar-refractivity contribution in [2.45, 2.75) is 136 Å². The molecular formula is C80H91N13O16. The van der Waals surface area contributed by atoms with Crippen LogP contribution < -0.4 is 71.6 Å². The maximum atomic E-state index is 14.5. The van der Waals surface area contributed by atoms with Gasteiger partial charge < -0.3 is 85.9 Å². The first-order chi connectivity index (χ1) is 52.5. The summed E-state index contributed by atoms with van der Waals surface area (Å²) < 4.78 is 29.9. The SMILES string of the molecule is COc1cc2c(cc1OCCCOc1cc3c(cc1OC)C(=O)N1CC4(CC4)C[C@H]1C(O)N3C(=O)OCc1ccc(NC(=O)[C@H](C)NC(=O)[C@@H](NC(=O)CNC(=O)CNC(=O)CCC(=O)N3Cc4ccccc4C4=C(NNN4C(C)C)c4ccccc43)C(C)C)cc1)NC[C@@H]1CC(c3ccc(CO)cc3)=CN1C2=O. The van der Waals surface area contributed by atoms with Crippen molar-refractivity contribution in [3.8, 4) is 23.0 Å². The number of nitrogens with zero attached hydrogens (tertiary/aromatic N) is 5. The van der Waals surface area contributed by atoms with E-state index in [4.69, 9.17) is 23.7 Å². The van der Waals surface area contributed by atoms with Crippen LogP contribution in [-0.4, -0.2) is 168 Å². The molecule has 572 valence electrons. The summed E-state index contributed by atoms with van der Waals surface area (Å²) in [5.74, 6) is -3.35. The monoisotopic (exact) mass is 1490 g/mol. The van der Waals surface area contributed by atoms with E-state index in [1.807, 2.05) is 79.0 Å². The van der Waals surface area contributed by atoms with E-state index < -0.39 is 79.0 Å². The summed E-state index contributed by atoms with van der Waals surface area (Å²) in [6.45, 7) is 9.07. The lowest BCUT2D eigenvalue weighted by molar-refractivity contribution is -0.132. The molecule has 1 spiro atoms. The Hall–Kier alpha value is -11.7. The molecule has 1 saturated carbocycles. The highest BCUT2D eigenvalue weighted by Gasteiger charge is 2.58. The lowest BCUT2D eigenvalue weighted by Crippen LogP contribution is -2.55. The standard InChI is InChI=1S/C80H91N13O16/c1-45(2)71(86-69(97)39-83-68(96)38-82-67(95)25-26-70(98)90-40-51-13-8-9-14-55(51)73-72(87-88-93(73)46(3)4)56-15-10-11-16-60(56)90)75(100)84-47(5)74(99)85-53-23-19-49(20-24-53)43-109-79(104)92-61-35-66(64(106-7)33-58(61)77(102)91-44-80(27-28-80)36-62(91)78(92)103)108-30-12-29-107-65-34-59-57(32-63(65)105-6)76(101)89-41-52(31-54(89)37-81-59)50-21-17-48(42-94)18-22-50/h8-11,13-24,32-35,41,45-47,54,62,71,78,81,87-88,94,103H,12,25-31,36-40,42-44H2,1-7H3,(H,82,95)(H,83,96)(H,84,100)(H,85,99)(H,86,97)/t47-,54-,62-,71-,78?/m0/s1. The lowest BCUT2D eigenvalue weighted by atomic mass is 9.95. The number of aliphatic hydroxyl groups excluding tert-OH is 2. The zero-order valence-electron chi connectivity index (χ0n) is 61.8. The molecule has 29 nitrogen and oxygen atoms in total. The molecule has 1 aliphatic carbocycles. The van der Waals surface area contributed by atoms with Gasteiger partial charge in [0.15, 0.2) is 29.2 Å². The quantitative estimate of drug-likeness (QED) is 0.0247. The number of hydrazine groups is 2. The number of benzene rings is 6. The van der Waals surface area contributed by atoms with E-state index in [1.165, 1.54) is 33.3 Å². The molecule has 0 radical (unpaired) electrons. The van der Waals surface area contributed by atoms with Crippen molar-refractivity contribution in [1.29, 1.82) is 0 Å². The Bertz CT molecular complexity index is 4600. The minimum Gasteiger partial charge on any atom is -0.493 e. The number of ether oxygens (including phenoxy) is 5. The second kappa shape index (κ2) is 32.4. The molecule has 7 aliphatic rings. The predicted molar refractivity (Wildman–Crippen MR) is 404 cm³/mol. The number of carbonyl (C=O) groups excluding carboxylic acids is 9. The second-order valence-corrected chi connectivity index (χ2v) is 29.0. The maximum Gasteiger partial charge on any atom is 0.416 e. The van der Waals surface area contributed by atoms with Gasteiger partial charge in [0.1, 0.15) is 18.7 Å². The van der Waals surface area contributed by atoms with E-state index in [1.54, 1.807) is 64.9 Å². The lowest BCUT2D eigenvalue weighted by Gasteiger charge is -2.31. The fraction of sp³-hybridized carbons (Fsp3) is 0.388. The van der Waals surface area contributed by atoms with Crippen LogP contribution in [0, 0.1) is 11.3 Å². The molecule has 9 amide bonds. The van der Waals surface area contributed by atoms with Crippen molar-refractivity contribution in [2.75, 3.05) is 74.0 Å². The zero-order valence-corrected chi connectivity index (χ0v) is 61.8. The number of para-hydroxylation sites is 1. The fourth-order valence-corrected chi connectivity index (χ4v) is 14.7. The Morgan fingerprint density at radius 3 is 2.06 bits per heavy atom. The first kappa shape index (κ1) is 75.5. The van der Waals surface area contributed by atoms with Gasteiger partial charge in [-0.1, -0.05) is 92.7 Å². The number of hydrogen-bond donors (Lipinski definition) is 10. The van der Waals surface area contributed by atoms with Gasteiger partial charge in [0.2, 0.25) is 35.4 Å². The van der Waals surface area contributed by atoms with E-state index in [-0.39, 0.29) is 104 Å². The van der Waals surface area contributed by atoms with E-state index >= 15 is 0 Å². The summed E-state index contributed by atoms with van der Waals surface area (Å²) in [5, 5.41) is 40.2. The van der Waals surface area contributed by atoms with Crippen molar-refractivity contribution in [3.05, 3.63) is 172 Å². The molecule has 0 aromatic heterocycles. The fourth-order valence-electron chi connectivity index (χ4n) is 14.7. The third-order valence-electron chi connectivity index (χ3n) is 20.8. The molecule has 6 aliphatic heterocycles. The van der Waals surface area contributed by atoms with Gasteiger partial charge in [-0.2, -0.15) is 0 Å². The number of nitrogens with one attached hydrogen (secondary N) is 8. The van der Waals surface area contributed by atoms with Crippen molar-refractivity contribution < 1.29 is 77.0 Å². The number of rotatable bonds is 26. The summed E-state index contributed by atoms with van der Waals surface area (Å²) in [6, 6.07) is 32.9. The van der Waals surface area contributed by atoms with Crippen LogP contribution in [-0.2, 0) is 53.3 Å². The van der Waals surface area contributed by atoms with Crippen LogP contribution in [0.4, 0.5) is 27.5 Å². The van der Waals surface area contributed by atoms with Gasteiger partial charge in [0.25, 0.3) is 11.8 Å². The van der Waals surface area contributed by atoms with Gasteiger partial charge in [-0.15, -0.1) is 5.53 Å². The van der Waals surface area contributed by atoms with Gasteiger partial charge in [-0.05, 0) is 116 Å². The minimum atomic E-state index is -1.51. The Morgan fingerprint density at radius 2 is 1.36 bits per heavy atom. The molecule has 6 aromatic carbocycles. The molecule has 10 N–H and O–H groups in total. The highest BCUT2D eigenvalue weighted by atomic mass is 16.6. The summed E-state index contributed by atoms with van der Waals surface area (Å²) in [7, 11) is 2.93. The number of carbonyl (C=O) groups is 9. The van der Waals surface area contributed by atoms with Crippen molar-refractivity contribution in [2.24, 2.45) is 11.3 Å². The molecular weight excluding hydrogens is 1400 g/mol. The Kier molecular flexibility index (Phi) is 22.5. The summed E-state index contributed by atoms with van der Waals surface area (Å²) >= 11 is 0. The van der Waals surface area contributed by atoms with Crippen LogP contribution >= 0.6 is 0 Å². The molecule has 6 heterocycles. The molecule has 29 heteroatoms. The summed E-state index contributed by atoms with van der Waals surface area (Å²) in [4.78, 5) is 129. The van der Waals surface area contributed by atoms with E-state index in [2.05, 4.69) is 61.7 Å². The van der Waals surface area contributed by atoms with Crippen molar-refractivity contribution in [1.82, 2.24) is 47.0 Å². The van der Waals surface area contributed by atoms with Crippen LogP contribution in [0.2, 0.25) is 0 Å². The Morgan fingerprint density at radius 1 is 0.688 bits per heavy atom. The van der Waals surface area contributed by atoms with Crippen LogP contribution in [0.25, 0.3) is 17.0 Å². The normalized spacial score (nSPS) is 18.2. The average Bonchev–Trinajstić information content (AvgIpc) is 1.57. The number of hydrogen-bond acceptors (Lipinski definition) is 20. The average molecular weight is 1490 g/mol. The number of fused-ring (bicyclic) bond motifs is 8. The molecule has 6 aromatic rings. The third-order valence-corrected chi connectivity index (χ3v) is 20.8. The molecule has 109 heavy (non-hydrogen) atoms. The van der Waals surface area contributed by atoms with Crippen LogP contribution in [0.1, 0.15) is 134 Å². The van der Waals surface area contributed by atoms with Crippen molar-refractivity contribution >= 4 is 93.1 Å². The topological polar surface area (TPSA) is 353 Å². The Labute approximate surface area is 630 Å². The number of aliphatic hydroxyl groups is 2. The van der Waals surface area contributed by atoms with Crippen LogP contribution in [0.5, 0.6) is 23.0 Å². The second-order valence-electron chi connectivity index (χ2n) is 29.0. The van der Waals surface area contributed by atoms with E-state index in [0.29, 0.717) is 72.0 Å². The van der Waals surface area contributed by atoms with Gasteiger partial charge >= 0.3 is 6.09 Å². The summed E-state index contributed by atoms with van der Waals surface area (Å²) in [6.07, 6.45) is 2.30. The van der Waals surface area contributed by atoms with Crippen LogP contribution in [0.3, 0.4) is 0 Å². The van der Waals surface area contributed by atoms with E-state index in [0.717, 1.165) is 62.5 Å². The summed E-state index contributed by atoms with van der Waals surface area (Å²) in [5.41, 5.74) is 16.4. The minimum absolute atomic E-state index is 0.0528. The number of amides is 9. The smallest absolute Gasteiger partial charge is 0.416 e.